The molecule has 0 bridgehead atoms. The molecule has 104 valence electrons. The van der Waals surface area contributed by atoms with Crippen LogP contribution in [0.15, 0.2) is 6.07 Å². The zero-order chi connectivity index (χ0) is 14.0. The molecule has 2 N–H and O–H groups in total. The summed E-state index contributed by atoms with van der Waals surface area (Å²) in [7, 11) is 0. The van der Waals surface area contributed by atoms with Crippen LogP contribution in [0.2, 0.25) is 0 Å². The molecule has 0 aliphatic carbocycles. The number of carbonyl (C=O) groups excluding carboxylic acids is 1. The molecule has 0 radical (unpaired) electrons. The Morgan fingerprint density at radius 1 is 1.16 bits per heavy atom. The van der Waals surface area contributed by atoms with Gasteiger partial charge in [0.2, 0.25) is 5.91 Å². The predicted octanol–water partition coefficient (Wildman–Crippen LogP) is 2.32. The van der Waals surface area contributed by atoms with Crippen molar-refractivity contribution >= 4 is 11.6 Å². The van der Waals surface area contributed by atoms with Crippen molar-refractivity contribution in [1.29, 1.82) is 0 Å². The highest BCUT2D eigenvalue weighted by atomic mass is 19.2. The molecule has 1 aromatic carbocycles. The number of anilines is 1. The summed E-state index contributed by atoms with van der Waals surface area (Å²) in [5.74, 6) is -7.02. The molecule has 0 saturated carbocycles. The largest absolute Gasteiger partial charge is 0.320 e. The first-order valence-electron chi connectivity index (χ1n) is 5.88. The summed E-state index contributed by atoms with van der Waals surface area (Å²) >= 11 is 0. The van der Waals surface area contributed by atoms with Gasteiger partial charge >= 0.3 is 0 Å². The second-order valence-electron chi connectivity index (χ2n) is 4.33. The molecule has 1 aliphatic rings. The summed E-state index contributed by atoms with van der Waals surface area (Å²) < 4.78 is 52.6. The Labute approximate surface area is 107 Å². The second-order valence-corrected chi connectivity index (χ2v) is 4.33. The zero-order valence-corrected chi connectivity index (χ0v) is 9.90. The number of nitrogens with one attached hydrogen (secondary N) is 2. The molecule has 0 spiro atoms. The molecule has 3 nitrogen and oxygen atoms in total. The van der Waals surface area contributed by atoms with E-state index in [9.17, 15) is 22.4 Å². The van der Waals surface area contributed by atoms with Crippen molar-refractivity contribution in [2.75, 3.05) is 11.9 Å². The van der Waals surface area contributed by atoms with Gasteiger partial charge in [-0.25, -0.2) is 17.6 Å². The van der Waals surface area contributed by atoms with Crippen LogP contribution in [-0.2, 0) is 4.79 Å². The Balaban J connectivity index is 2.20. The van der Waals surface area contributed by atoms with Crippen molar-refractivity contribution in [3.05, 3.63) is 29.3 Å². The van der Waals surface area contributed by atoms with Gasteiger partial charge in [-0.15, -0.1) is 0 Å². The highest BCUT2D eigenvalue weighted by Gasteiger charge is 2.25. The van der Waals surface area contributed by atoms with E-state index in [1.54, 1.807) is 0 Å². The van der Waals surface area contributed by atoms with Gasteiger partial charge in [0.1, 0.15) is 5.69 Å². The van der Waals surface area contributed by atoms with E-state index >= 15 is 0 Å². The van der Waals surface area contributed by atoms with E-state index in [2.05, 4.69) is 5.32 Å². The highest BCUT2D eigenvalue weighted by Crippen LogP contribution is 2.24. The van der Waals surface area contributed by atoms with Crippen LogP contribution in [0.25, 0.3) is 0 Å². The monoisotopic (exact) mass is 276 g/mol. The first kappa shape index (κ1) is 13.8. The van der Waals surface area contributed by atoms with E-state index in [-0.39, 0.29) is 6.07 Å². The van der Waals surface area contributed by atoms with Crippen LogP contribution in [0.5, 0.6) is 0 Å². The van der Waals surface area contributed by atoms with Crippen LogP contribution in [-0.4, -0.2) is 18.5 Å². The molecular formula is C12H12F4N2O. The molecule has 1 aliphatic heterocycles. The third kappa shape index (κ3) is 2.86. The molecule has 1 aromatic rings. The van der Waals surface area contributed by atoms with Gasteiger partial charge in [-0.1, -0.05) is 6.42 Å². The predicted molar refractivity (Wildman–Crippen MR) is 60.5 cm³/mol. The Bertz CT molecular complexity index is 475. The lowest BCUT2D eigenvalue weighted by Crippen LogP contribution is -2.43. The van der Waals surface area contributed by atoms with Gasteiger partial charge in [0.05, 0.1) is 6.04 Å². The van der Waals surface area contributed by atoms with Crippen LogP contribution in [0.3, 0.4) is 0 Å². The molecule has 0 aromatic heterocycles. The van der Waals surface area contributed by atoms with Crippen molar-refractivity contribution < 1.29 is 22.4 Å². The van der Waals surface area contributed by atoms with E-state index in [4.69, 9.17) is 0 Å². The molecule has 1 fully saturated rings. The van der Waals surface area contributed by atoms with Crippen molar-refractivity contribution in [3.8, 4) is 0 Å². The number of benzene rings is 1. The summed E-state index contributed by atoms with van der Waals surface area (Å²) in [5.41, 5.74) is -1.09. The molecule has 2 rings (SSSR count). The van der Waals surface area contributed by atoms with Gasteiger partial charge < -0.3 is 10.6 Å². The molecule has 1 amide bonds. The lowest BCUT2D eigenvalue weighted by molar-refractivity contribution is -0.118. The Kier molecular flexibility index (Phi) is 4.04. The Morgan fingerprint density at radius 2 is 1.79 bits per heavy atom. The summed E-state index contributed by atoms with van der Waals surface area (Å²) in [5, 5.41) is 4.76. The lowest BCUT2D eigenvalue weighted by Gasteiger charge is -2.22. The molecule has 1 saturated heterocycles. The van der Waals surface area contributed by atoms with Crippen LogP contribution in [0.4, 0.5) is 23.2 Å². The van der Waals surface area contributed by atoms with Crippen LogP contribution in [0.1, 0.15) is 19.3 Å². The van der Waals surface area contributed by atoms with Gasteiger partial charge in [-0.3, -0.25) is 4.79 Å². The molecule has 19 heavy (non-hydrogen) atoms. The number of halogens is 4. The first-order chi connectivity index (χ1) is 9.00. The number of hydrogen-bond acceptors (Lipinski definition) is 2. The summed E-state index contributed by atoms with van der Waals surface area (Å²) in [6, 6.07) is -0.516. The SMILES string of the molecule is O=C(Nc1c(F)c(F)cc(F)c1F)C1CCCCN1. The van der Waals surface area contributed by atoms with Crippen molar-refractivity contribution in [1.82, 2.24) is 5.32 Å². The average molecular weight is 276 g/mol. The molecule has 1 unspecified atom stereocenters. The van der Waals surface area contributed by atoms with Crippen molar-refractivity contribution in [2.45, 2.75) is 25.3 Å². The first-order valence-corrected chi connectivity index (χ1v) is 5.88. The van der Waals surface area contributed by atoms with Crippen molar-refractivity contribution in [3.63, 3.8) is 0 Å². The fourth-order valence-electron chi connectivity index (χ4n) is 1.97. The minimum Gasteiger partial charge on any atom is -0.320 e. The minimum absolute atomic E-state index is 0.0964. The normalized spacial score (nSPS) is 19.3. The maximum Gasteiger partial charge on any atom is 0.241 e. The number of rotatable bonds is 2. The van der Waals surface area contributed by atoms with Gasteiger partial charge in [0.25, 0.3) is 0 Å². The maximum atomic E-state index is 13.4. The van der Waals surface area contributed by atoms with E-state index in [0.29, 0.717) is 13.0 Å². The Hall–Kier alpha value is -1.63. The minimum atomic E-state index is -1.61. The number of carbonyl (C=O) groups is 1. The van der Waals surface area contributed by atoms with Gasteiger partial charge in [-0.2, -0.15) is 0 Å². The fourth-order valence-corrected chi connectivity index (χ4v) is 1.97. The summed E-state index contributed by atoms with van der Waals surface area (Å²) in [6.45, 7) is 0.612. The smallest absolute Gasteiger partial charge is 0.241 e. The molecule has 7 heteroatoms. The molecule has 1 heterocycles. The third-order valence-electron chi connectivity index (χ3n) is 2.99. The van der Waals surface area contributed by atoms with Gasteiger partial charge in [-0.05, 0) is 19.4 Å². The highest BCUT2D eigenvalue weighted by molar-refractivity contribution is 5.95. The van der Waals surface area contributed by atoms with E-state index in [1.165, 1.54) is 0 Å². The topological polar surface area (TPSA) is 41.1 Å². The maximum absolute atomic E-state index is 13.4. The molecule has 1 atom stereocenters. The number of amides is 1. The summed E-state index contributed by atoms with van der Waals surface area (Å²) in [6.07, 6.45) is 2.21. The van der Waals surface area contributed by atoms with Crippen LogP contribution in [0, 0.1) is 23.3 Å². The third-order valence-corrected chi connectivity index (χ3v) is 2.99. The average Bonchev–Trinajstić information content (AvgIpc) is 2.42. The standard InChI is InChI=1S/C12H12F4N2O/c13-6-5-7(14)10(16)11(9(6)15)18-12(19)8-3-1-2-4-17-8/h5,8,17H,1-4H2,(H,18,19). The van der Waals surface area contributed by atoms with E-state index in [0.717, 1.165) is 12.8 Å². The quantitative estimate of drug-likeness (QED) is 0.643. The number of piperidine rings is 1. The zero-order valence-electron chi connectivity index (χ0n) is 9.90. The molecular weight excluding hydrogens is 264 g/mol. The van der Waals surface area contributed by atoms with E-state index < -0.39 is 40.9 Å². The van der Waals surface area contributed by atoms with Crippen molar-refractivity contribution in [2.24, 2.45) is 0 Å². The fraction of sp³-hybridized carbons (Fsp3) is 0.417. The van der Waals surface area contributed by atoms with E-state index in [1.807, 2.05) is 5.32 Å². The Morgan fingerprint density at radius 3 is 2.32 bits per heavy atom. The second kappa shape index (κ2) is 5.56. The number of hydrogen-bond donors (Lipinski definition) is 2. The van der Waals surface area contributed by atoms with Crippen LogP contribution < -0.4 is 10.6 Å². The van der Waals surface area contributed by atoms with Crippen LogP contribution >= 0.6 is 0 Å². The lowest BCUT2D eigenvalue weighted by atomic mass is 10.0. The van der Waals surface area contributed by atoms with Gasteiger partial charge in [0, 0.05) is 6.07 Å². The summed E-state index contributed by atoms with van der Waals surface area (Å²) in [4.78, 5) is 11.7. The van der Waals surface area contributed by atoms with Gasteiger partial charge in [0.15, 0.2) is 23.3 Å².